The van der Waals surface area contributed by atoms with Crippen LogP contribution >= 0.6 is 0 Å². The first-order valence-corrected chi connectivity index (χ1v) is 12.6. The van der Waals surface area contributed by atoms with Crippen LogP contribution in [0, 0.1) is 23.5 Å². The van der Waals surface area contributed by atoms with Crippen LogP contribution in [-0.2, 0) is 27.3 Å². The molecule has 2 heterocycles. The van der Waals surface area contributed by atoms with Gasteiger partial charge in [-0.05, 0) is 55.0 Å². The average Bonchev–Trinajstić information content (AvgIpc) is 3.28. The highest BCUT2D eigenvalue weighted by molar-refractivity contribution is 6.01. The molecule has 3 amide bonds. The quantitative estimate of drug-likeness (QED) is 0.404. The van der Waals surface area contributed by atoms with Crippen LogP contribution in [0.2, 0.25) is 0 Å². The van der Waals surface area contributed by atoms with Crippen molar-refractivity contribution in [3.05, 3.63) is 71.4 Å². The summed E-state index contributed by atoms with van der Waals surface area (Å²) >= 11 is 0. The van der Waals surface area contributed by atoms with E-state index in [1.54, 1.807) is 4.90 Å². The van der Waals surface area contributed by atoms with Gasteiger partial charge in [0, 0.05) is 49.2 Å². The average molecular weight is 511 g/mol. The van der Waals surface area contributed by atoms with Crippen molar-refractivity contribution in [1.29, 1.82) is 0 Å². The lowest BCUT2D eigenvalue weighted by Gasteiger charge is -2.34. The molecule has 0 saturated carbocycles. The summed E-state index contributed by atoms with van der Waals surface area (Å²) < 4.78 is 26.9. The van der Waals surface area contributed by atoms with E-state index in [1.807, 2.05) is 30.5 Å². The second kappa shape index (κ2) is 11.5. The summed E-state index contributed by atoms with van der Waals surface area (Å²) in [5, 5.41) is 6.31. The first-order chi connectivity index (χ1) is 17.7. The number of nitrogens with zero attached hydrogens (tertiary/aromatic N) is 1. The van der Waals surface area contributed by atoms with Crippen LogP contribution in [0.15, 0.2) is 48.7 Å². The van der Waals surface area contributed by atoms with Gasteiger partial charge in [-0.2, -0.15) is 0 Å². The number of benzene rings is 2. The summed E-state index contributed by atoms with van der Waals surface area (Å²) in [4.78, 5) is 44.3. The molecule has 0 aliphatic carbocycles. The van der Waals surface area contributed by atoms with Crippen molar-refractivity contribution in [1.82, 2.24) is 20.5 Å². The molecule has 9 heteroatoms. The molecule has 0 bridgehead atoms. The van der Waals surface area contributed by atoms with Crippen LogP contribution in [0.25, 0.3) is 10.9 Å². The van der Waals surface area contributed by atoms with E-state index in [1.165, 1.54) is 6.92 Å². The van der Waals surface area contributed by atoms with Crippen molar-refractivity contribution in [3.63, 3.8) is 0 Å². The van der Waals surface area contributed by atoms with Gasteiger partial charge in [-0.25, -0.2) is 8.78 Å². The molecule has 1 aliphatic heterocycles. The van der Waals surface area contributed by atoms with Gasteiger partial charge >= 0.3 is 0 Å². The minimum atomic E-state index is -1.11. The number of nitrogens with one attached hydrogen (secondary N) is 3. The molecule has 3 aromatic rings. The zero-order chi connectivity index (χ0) is 26.5. The fourth-order valence-corrected chi connectivity index (χ4v) is 4.80. The number of likely N-dealkylation sites (tertiary alicyclic amines) is 1. The molecule has 1 fully saturated rings. The Morgan fingerprint density at radius 3 is 2.57 bits per heavy atom. The second-order valence-electron chi connectivity index (χ2n) is 9.87. The Hall–Kier alpha value is -3.75. The lowest BCUT2D eigenvalue weighted by Crippen LogP contribution is -2.54. The van der Waals surface area contributed by atoms with Gasteiger partial charge in [-0.3, -0.25) is 14.4 Å². The summed E-state index contributed by atoms with van der Waals surface area (Å²) in [7, 11) is 0. The summed E-state index contributed by atoms with van der Waals surface area (Å²) in [6, 6.07) is 9.86. The Bertz CT molecular complexity index is 1270. The van der Waals surface area contributed by atoms with Crippen molar-refractivity contribution in [3.8, 4) is 0 Å². The van der Waals surface area contributed by atoms with Crippen LogP contribution in [0.4, 0.5) is 8.78 Å². The number of carbonyl (C=O) groups is 3. The van der Waals surface area contributed by atoms with E-state index in [0.29, 0.717) is 19.0 Å². The van der Waals surface area contributed by atoms with E-state index in [0.717, 1.165) is 47.5 Å². The highest BCUT2D eigenvalue weighted by Gasteiger charge is 2.32. The Kier molecular flexibility index (Phi) is 8.21. The van der Waals surface area contributed by atoms with Gasteiger partial charge in [0.05, 0.1) is 0 Å². The number of amides is 3. The first-order valence-electron chi connectivity index (χ1n) is 12.6. The number of para-hydroxylation sites is 1. The molecule has 7 nitrogen and oxygen atoms in total. The molecule has 3 atom stereocenters. The molecular formula is C28H32F2N4O3. The smallest absolute Gasteiger partial charge is 0.245 e. The fraction of sp³-hybridized carbons (Fsp3) is 0.393. The Balaban J connectivity index is 1.46. The van der Waals surface area contributed by atoms with Crippen molar-refractivity contribution in [2.75, 3.05) is 13.1 Å². The third-order valence-corrected chi connectivity index (χ3v) is 6.86. The van der Waals surface area contributed by atoms with Gasteiger partial charge in [-0.1, -0.05) is 25.1 Å². The Morgan fingerprint density at radius 1 is 1.11 bits per heavy atom. The number of aromatic amines is 1. The lowest BCUT2D eigenvalue weighted by molar-refractivity contribution is -0.141. The van der Waals surface area contributed by atoms with E-state index in [-0.39, 0.29) is 24.4 Å². The lowest BCUT2D eigenvalue weighted by atomic mass is 9.97. The number of piperidine rings is 1. The third-order valence-electron chi connectivity index (χ3n) is 6.86. The molecule has 3 N–H and O–H groups in total. The minimum Gasteiger partial charge on any atom is -0.361 e. The van der Waals surface area contributed by atoms with Crippen LogP contribution in [0.3, 0.4) is 0 Å². The Morgan fingerprint density at radius 2 is 1.84 bits per heavy atom. The SMILES string of the molecule is CC1CCCN(C(=O)C(Cc2c[nH]c3ccccc23)NC(=O)C(C)C(=O)NCc2cc(F)cc(F)c2)C1. The van der Waals surface area contributed by atoms with Crippen LogP contribution in [0.5, 0.6) is 0 Å². The molecule has 1 aromatic heterocycles. The maximum Gasteiger partial charge on any atom is 0.245 e. The number of rotatable bonds is 8. The van der Waals surface area contributed by atoms with Crippen LogP contribution in [-0.4, -0.2) is 46.7 Å². The largest absolute Gasteiger partial charge is 0.361 e. The van der Waals surface area contributed by atoms with Gasteiger partial charge in [0.2, 0.25) is 17.7 Å². The zero-order valence-electron chi connectivity index (χ0n) is 21.0. The van der Waals surface area contributed by atoms with Gasteiger partial charge < -0.3 is 20.5 Å². The number of H-pyrrole nitrogens is 1. The molecule has 1 saturated heterocycles. The van der Waals surface area contributed by atoms with E-state index in [4.69, 9.17) is 0 Å². The molecule has 2 aromatic carbocycles. The number of hydrogen-bond donors (Lipinski definition) is 3. The van der Waals surface area contributed by atoms with Crippen molar-refractivity contribution in [2.24, 2.45) is 11.8 Å². The third kappa shape index (κ3) is 6.53. The summed E-state index contributed by atoms with van der Waals surface area (Å²) in [6.45, 7) is 4.66. The van der Waals surface area contributed by atoms with E-state index >= 15 is 0 Å². The maximum atomic E-state index is 13.5. The Labute approximate surface area is 214 Å². The number of fused-ring (bicyclic) bond motifs is 1. The topological polar surface area (TPSA) is 94.3 Å². The van der Waals surface area contributed by atoms with Crippen LogP contribution < -0.4 is 10.6 Å². The highest BCUT2D eigenvalue weighted by atomic mass is 19.1. The monoisotopic (exact) mass is 510 g/mol. The fourth-order valence-electron chi connectivity index (χ4n) is 4.80. The van der Waals surface area contributed by atoms with Gasteiger partial charge in [0.1, 0.15) is 23.6 Å². The molecule has 0 spiro atoms. The molecule has 3 unspecified atom stereocenters. The molecule has 37 heavy (non-hydrogen) atoms. The standard InChI is InChI=1S/C28H32F2N4O3/c1-17-6-5-9-34(16-17)28(37)25(12-20-15-31-24-8-4-3-7-23(20)24)33-27(36)18(2)26(35)32-14-19-10-21(29)13-22(30)11-19/h3-4,7-8,10-11,13,15,17-18,25,31H,5-6,9,12,14,16H2,1-2H3,(H,32,35)(H,33,36). The van der Waals surface area contributed by atoms with Crippen LogP contribution in [0.1, 0.15) is 37.8 Å². The number of halogens is 2. The number of hydrogen-bond acceptors (Lipinski definition) is 3. The summed E-state index contributed by atoms with van der Waals surface area (Å²) in [5.41, 5.74) is 2.07. The van der Waals surface area contributed by atoms with Crippen molar-refractivity contribution in [2.45, 2.75) is 45.7 Å². The van der Waals surface area contributed by atoms with E-state index in [2.05, 4.69) is 22.5 Å². The normalized spacial score (nSPS) is 17.3. The molecule has 196 valence electrons. The van der Waals surface area contributed by atoms with Gasteiger partial charge in [0.25, 0.3) is 0 Å². The predicted molar refractivity (Wildman–Crippen MR) is 136 cm³/mol. The van der Waals surface area contributed by atoms with Gasteiger partial charge in [0.15, 0.2) is 0 Å². The molecule has 1 aliphatic rings. The molecule has 0 radical (unpaired) electrons. The molecular weight excluding hydrogens is 478 g/mol. The zero-order valence-corrected chi connectivity index (χ0v) is 21.0. The first kappa shape index (κ1) is 26.3. The van der Waals surface area contributed by atoms with E-state index in [9.17, 15) is 23.2 Å². The van der Waals surface area contributed by atoms with Crippen molar-refractivity contribution < 1.29 is 23.2 Å². The number of aromatic nitrogens is 1. The van der Waals surface area contributed by atoms with Gasteiger partial charge in [-0.15, -0.1) is 0 Å². The predicted octanol–water partition coefficient (Wildman–Crippen LogP) is 3.68. The van der Waals surface area contributed by atoms with Crippen molar-refractivity contribution >= 4 is 28.6 Å². The highest BCUT2D eigenvalue weighted by Crippen LogP contribution is 2.22. The maximum absolute atomic E-state index is 13.5. The summed E-state index contributed by atoms with van der Waals surface area (Å²) in [6.07, 6.45) is 4.07. The van der Waals surface area contributed by atoms with E-state index < -0.39 is 35.4 Å². The minimum absolute atomic E-state index is 0.130. The molecule has 4 rings (SSSR count). The second-order valence-corrected chi connectivity index (χ2v) is 9.87. The summed E-state index contributed by atoms with van der Waals surface area (Å²) in [5.74, 6) is -3.61. The number of carbonyl (C=O) groups excluding carboxylic acids is 3.